The lowest BCUT2D eigenvalue weighted by atomic mass is 10.1. The van der Waals surface area contributed by atoms with Gasteiger partial charge in [-0.05, 0) is 37.1 Å². The van der Waals surface area contributed by atoms with E-state index in [-0.39, 0.29) is 16.0 Å². The zero-order chi connectivity index (χ0) is 15.6. The van der Waals surface area contributed by atoms with Gasteiger partial charge in [0.15, 0.2) is 0 Å². The summed E-state index contributed by atoms with van der Waals surface area (Å²) in [5.74, 6) is -0.559. The molecule has 0 atom stereocenters. The molecule has 1 aromatic carbocycles. The maximum atomic E-state index is 13.2. The number of halogens is 1. The van der Waals surface area contributed by atoms with Crippen LogP contribution in [0, 0.1) is 19.7 Å². The number of nitrogens with one attached hydrogen (secondary N) is 1. The second-order valence-electron chi connectivity index (χ2n) is 4.73. The third kappa shape index (κ3) is 3.33. The van der Waals surface area contributed by atoms with E-state index in [9.17, 15) is 12.8 Å². The quantitative estimate of drug-likeness (QED) is 0.563. The lowest BCUT2D eigenvalue weighted by Crippen LogP contribution is -2.57. The minimum Gasteiger partial charge on any atom is -0.394 e. The predicted molar refractivity (Wildman–Crippen MR) is 70.2 cm³/mol. The van der Waals surface area contributed by atoms with Gasteiger partial charge in [0.1, 0.15) is 11.4 Å². The van der Waals surface area contributed by atoms with Crippen LogP contribution < -0.4 is 4.72 Å². The molecule has 0 aliphatic rings. The molecule has 0 aliphatic carbocycles. The van der Waals surface area contributed by atoms with Crippen molar-refractivity contribution in [2.45, 2.75) is 24.3 Å². The van der Waals surface area contributed by atoms with Crippen LogP contribution in [-0.4, -0.2) is 49.1 Å². The van der Waals surface area contributed by atoms with Crippen LogP contribution in [0.15, 0.2) is 17.0 Å². The van der Waals surface area contributed by atoms with Crippen LogP contribution in [0.4, 0.5) is 4.39 Å². The van der Waals surface area contributed by atoms with E-state index in [0.717, 1.165) is 12.1 Å². The topological polar surface area (TPSA) is 107 Å². The van der Waals surface area contributed by atoms with Crippen LogP contribution in [0.1, 0.15) is 11.1 Å². The predicted octanol–water partition coefficient (Wildman–Crippen LogP) is -0.563. The van der Waals surface area contributed by atoms with Gasteiger partial charge in [-0.15, -0.1) is 0 Å². The summed E-state index contributed by atoms with van der Waals surface area (Å²) in [6, 6.07) is 2.14. The molecule has 0 radical (unpaired) electrons. The van der Waals surface area contributed by atoms with E-state index in [1.165, 1.54) is 13.8 Å². The highest BCUT2D eigenvalue weighted by molar-refractivity contribution is 7.89. The molecule has 0 amide bonds. The van der Waals surface area contributed by atoms with Gasteiger partial charge in [0, 0.05) is 0 Å². The van der Waals surface area contributed by atoms with Crippen molar-refractivity contribution in [3.63, 3.8) is 0 Å². The molecular formula is C12H18FNO5S. The zero-order valence-electron chi connectivity index (χ0n) is 11.2. The van der Waals surface area contributed by atoms with Gasteiger partial charge in [-0.25, -0.2) is 12.8 Å². The third-order valence-corrected chi connectivity index (χ3v) is 4.84. The summed E-state index contributed by atoms with van der Waals surface area (Å²) in [6.45, 7) is 0.530. The number of rotatable bonds is 6. The highest BCUT2D eigenvalue weighted by atomic mass is 32.2. The highest BCUT2D eigenvalue weighted by Gasteiger charge is 2.35. The summed E-state index contributed by atoms with van der Waals surface area (Å²) in [6.07, 6.45) is 0. The van der Waals surface area contributed by atoms with Crippen LogP contribution in [-0.2, 0) is 10.0 Å². The minimum atomic E-state index is -4.13. The van der Waals surface area contributed by atoms with E-state index in [2.05, 4.69) is 4.72 Å². The van der Waals surface area contributed by atoms with Crippen LogP contribution in [0.25, 0.3) is 0 Å². The van der Waals surface area contributed by atoms with Crippen molar-refractivity contribution < 1.29 is 28.1 Å². The van der Waals surface area contributed by atoms with E-state index in [1.54, 1.807) is 0 Å². The van der Waals surface area contributed by atoms with Gasteiger partial charge in [-0.2, -0.15) is 4.72 Å². The Morgan fingerprint density at radius 3 is 1.85 bits per heavy atom. The summed E-state index contributed by atoms with van der Waals surface area (Å²) in [7, 11) is -4.13. The largest absolute Gasteiger partial charge is 0.394 e. The monoisotopic (exact) mass is 307 g/mol. The average Bonchev–Trinajstić information content (AvgIpc) is 2.34. The number of benzene rings is 1. The molecular weight excluding hydrogens is 289 g/mol. The Morgan fingerprint density at radius 2 is 1.50 bits per heavy atom. The van der Waals surface area contributed by atoms with Crippen LogP contribution in [0.2, 0.25) is 0 Å². The maximum Gasteiger partial charge on any atom is 0.241 e. The second-order valence-corrected chi connectivity index (χ2v) is 6.35. The Morgan fingerprint density at radius 1 is 1.10 bits per heavy atom. The molecule has 6 nitrogen and oxygen atoms in total. The van der Waals surface area contributed by atoms with Crippen LogP contribution >= 0.6 is 0 Å². The summed E-state index contributed by atoms with van der Waals surface area (Å²) >= 11 is 0. The fourth-order valence-corrected chi connectivity index (χ4v) is 3.74. The second kappa shape index (κ2) is 6.15. The summed E-state index contributed by atoms with van der Waals surface area (Å²) < 4.78 is 39.9. The van der Waals surface area contributed by atoms with Crippen molar-refractivity contribution in [3.8, 4) is 0 Å². The maximum absolute atomic E-state index is 13.2. The first-order valence-corrected chi connectivity index (χ1v) is 7.33. The Balaban J connectivity index is 3.32. The van der Waals surface area contributed by atoms with Crippen LogP contribution in [0.3, 0.4) is 0 Å². The van der Waals surface area contributed by atoms with Crippen molar-refractivity contribution in [2.75, 3.05) is 19.8 Å². The van der Waals surface area contributed by atoms with Crippen molar-refractivity contribution >= 4 is 10.0 Å². The number of hydrogen-bond acceptors (Lipinski definition) is 5. The van der Waals surface area contributed by atoms with Crippen molar-refractivity contribution in [1.29, 1.82) is 0 Å². The fourth-order valence-electron chi connectivity index (χ4n) is 1.90. The number of aliphatic hydroxyl groups excluding tert-OH is 3. The molecule has 20 heavy (non-hydrogen) atoms. The summed E-state index contributed by atoms with van der Waals surface area (Å²) in [5, 5.41) is 27.5. The zero-order valence-corrected chi connectivity index (χ0v) is 12.0. The van der Waals surface area contributed by atoms with E-state index in [0.29, 0.717) is 0 Å². The first-order chi connectivity index (χ1) is 9.21. The van der Waals surface area contributed by atoms with Gasteiger partial charge in [0.2, 0.25) is 10.0 Å². The molecule has 0 unspecified atom stereocenters. The smallest absolute Gasteiger partial charge is 0.241 e. The lowest BCUT2D eigenvalue weighted by Gasteiger charge is -2.29. The standard InChI is InChI=1S/C12H18FNO5S/c1-8-3-10(13)4-9(2)11(8)20(18,19)14-12(5-15,6-16)7-17/h3-4,14-17H,5-7H2,1-2H3. The SMILES string of the molecule is Cc1cc(F)cc(C)c1S(=O)(=O)NC(CO)(CO)CO. The Labute approximate surface area is 116 Å². The van der Waals surface area contributed by atoms with Crippen molar-refractivity contribution in [1.82, 2.24) is 4.72 Å². The Kier molecular flexibility index (Phi) is 5.22. The van der Waals surface area contributed by atoms with Crippen molar-refractivity contribution in [2.24, 2.45) is 0 Å². The van der Waals surface area contributed by atoms with E-state index >= 15 is 0 Å². The normalized spacial score (nSPS) is 12.7. The first-order valence-electron chi connectivity index (χ1n) is 5.84. The molecule has 4 N–H and O–H groups in total. The van der Waals surface area contributed by atoms with Crippen molar-refractivity contribution in [3.05, 3.63) is 29.1 Å². The molecule has 114 valence electrons. The van der Waals surface area contributed by atoms with E-state index < -0.39 is 41.2 Å². The highest BCUT2D eigenvalue weighted by Crippen LogP contribution is 2.22. The fraction of sp³-hybridized carbons (Fsp3) is 0.500. The molecule has 0 fully saturated rings. The molecule has 0 saturated carbocycles. The van der Waals surface area contributed by atoms with Gasteiger partial charge in [-0.1, -0.05) is 0 Å². The average molecular weight is 307 g/mol. The van der Waals surface area contributed by atoms with Crippen LogP contribution in [0.5, 0.6) is 0 Å². The number of sulfonamides is 1. The molecule has 0 aliphatic heterocycles. The minimum absolute atomic E-state index is 0.140. The third-order valence-electron chi connectivity index (χ3n) is 2.95. The van der Waals surface area contributed by atoms with Gasteiger partial charge in [0.05, 0.1) is 24.7 Å². The lowest BCUT2D eigenvalue weighted by molar-refractivity contribution is 0.0581. The number of aryl methyl sites for hydroxylation is 2. The molecule has 0 bridgehead atoms. The molecule has 1 rings (SSSR count). The number of aliphatic hydroxyl groups is 3. The molecule has 0 saturated heterocycles. The van der Waals surface area contributed by atoms with Gasteiger partial charge >= 0.3 is 0 Å². The molecule has 1 aromatic rings. The van der Waals surface area contributed by atoms with E-state index in [1.807, 2.05) is 0 Å². The summed E-state index contributed by atoms with van der Waals surface area (Å²) in [4.78, 5) is -0.140. The molecule has 8 heteroatoms. The molecule has 0 spiro atoms. The van der Waals surface area contributed by atoms with Gasteiger partial charge in [0.25, 0.3) is 0 Å². The molecule has 0 heterocycles. The number of hydrogen-bond donors (Lipinski definition) is 4. The Bertz CT molecular complexity index is 552. The van der Waals surface area contributed by atoms with E-state index in [4.69, 9.17) is 15.3 Å². The van der Waals surface area contributed by atoms with Gasteiger partial charge < -0.3 is 15.3 Å². The van der Waals surface area contributed by atoms with Gasteiger partial charge in [-0.3, -0.25) is 0 Å². The Hall–Kier alpha value is -1.06. The molecule has 0 aromatic heterocycles. The summed E-state index contributed by atoms with van der Waals surface area (Å²) in [5.41, 5.74) is -1.39. The first kappa shape index (κ1) is 17.0.